The Morgan fingerprint density at radius 3 is 2.72 bits per heavy atom. The van der Waals surface area contributed by atoms with Gasteiger partial charge in [0.1, 0.15) is 11.5 Å². The molecule has 18 heavy (non-hydrogen) atoms. The summed E-state index contributed by atoms with van der Waals surface area (Å²) in [5, 5.41) is 3.39. The third kappa shape index (κ3) is 3.57. The van der Waals surface area contributed by atoms with Crippen LogP contribution in [-0.2, 0) is 6.54 Å². The van der Waals surface area contributed by atoms with Crippen LogP contribution in [0.4, 0.5) is 0 Å². The first-order valence-electron chi connectivity index (χ1n) is 6.15. The van der Waals surface area contributed by atoms with Crippen molar-refractivity contribution < 1.29 is 4.74 Å². The molecule has 0 unspecified atom stereocenters. The lowest BCUT2D eigenvalue weighted by Gasteiger charge is -2.13. The van der Waals surface area contributed by atoms with Gasteiger partial charge in [-0.15, -0.1) is 0 Å². The third-order valence-electron chi connectivity index (χ3n) is 2.54. The lowest BCUT2D eigenvalue weighted by molar-refractivity contribution is 0.467. The molecule has 0 saturated heterocycles. The fraction of sp³-hybridized carbons (Fsp3) is 0.267. The zero-order valence-corrected chi connectivity index (χ0v) is 10.8. The first kappa shape index (κ1) is 12.6. The predicted molar refractivity (Wildman–Crippen MR) is 72.7 cm³/mol. The van der Waals surface area contributed by atoms with Crippen molar-refractivity contribution in [1.29, 1.82) is 0 Å². The molecule has 0 bridgehead atoms. The molecule has 0 aliphatic rings. The normalized spacial score (nSPS) is 10.6. The van der Waals surface area contributed by atoms with Gasteiger partial charge >= 0.3 is 0 Å². The quantitative estimate of drug-likeness (QED) is 0.872. The second-order valence-electron chi connectivity index (χ2n) is 4.43. The van der Waals surface area contributed by atoms with Gasteiger partial charge in [-0.05, 0) is 18.2 Å². The summed E-state index contributed by atoms with van der Waals surface area (Å²) >= 11 is 0. The SMILES string of the molecule is CC(C)NCc1ccccc1Oc1cccnc1. The van der Waals surface area contributed by atoms with E-state index in [2.05, 4.69) is 30.2 Å². The first-order valence-corrected chi connectivity index (χ1v) is 6.15. The van der Waals surface area contributed by atoms with E-state index in [-0.39, 0.29) is 0 Å². The van der Waals surface area contributed by atoms with Crippen LogP contribution in [0.2, 0.25) is 0 Å². The van der Waals surface area contributed by atoms with Gasteiger partial charge in [0.25, 0.3) is 0 Å². The average Bonchev–Trinajstić information content (AvgIpc) is 2.39. The maximum absolute atomic E-state index is 5.84. The largest absolute Gasteiger partial charge is 0.455 e. The molecule has 2 aromatic rings. The summed E-state index contributed by atoms with van der Waals surface area (Å²) in [4.78, 5) is 4.04. The minimum absolute atomic E-state index is 0.455. The van der Waals surface area contributed by atoms with Crippen LogP contribution < -0.4 is 10.1 Å². The Morgan fingerprint density at radius 2 is 2.00 bits per heavy atom. The molecule has 0 aliphatic carbocycles. The monoisotopic (exact) mass is 242 g/mol. The Bertz CT molecular complexity index is 483. The number of aromatic nitrogens is 1. The Kier molecular flexibility index (Phi) is 4.31. The van der Waals surface area contributed by atoms with Gasteiger partial charge in [0.05, 0.1) is 6.20 Å². The number of nitrogens with zero attached hydrogens (tertiary/aromatic N) is 1. The van der Waals surface area contributed by atoms with Crippen LogP contribution in [0.3, 0.4) is 0 Å². The van der Waals surface area contributed by atoms with Gasteiger partial charge in [-0.1, -0.05) is 32.0 Å². The van der Waals surface area contributed by atoms with E-state index < -0.39 is 0 Å². The highest BCUT2D eigenvalue weighted by Crippen LogP contribution is 2.24. The number of para-hydroxylation sites is 1. The Balaban J connectivity index is 2.12. The van der Waals surface area contributed by atoms with Gasteiger partial charge in [-0.3, -0.25) is 4.98 Å². The van der Waals surface area contributed by atoms with E-state index in [4.69, 9.17) is 4.74 Å². The molecule has 3 heteroatoms. The summed E-state index contributed by atoms with van der Waals surface area (Å²) < 4.78 is 5.84. The standard InChI is InChI=1S/C15H18N2O/c1-12(2)17-10-13-6-3-4-8-15(13)18-14-7-5-9-16-11-14/h3-9,11-12,17H,10H2,1-2H3. The van der Waals surface area contributed by atoms with E-state index in [1.165, 1.54) is 0 Å². The highest BCUT2D eigenvalue weighted by molar-refractivity contribution is 5.36. The topological polar surface area (TPSA) is 34.1 Å². The maximum Gasteiger partial charge on any atom is 0.145 e. The van der Waals surface area contributed by atoms with Crippen molar-refractivity contribution in [3.05, 3.63) is 54.4 Å². The lowest BCUT2D eigenvalue weighted by atomic mass is 10.2. The van der Waals surface area contributed by atoms with E-state index >= 15 is 0 Å². The third-order valence-corrected chi connectivity index (χ3v) is 2.54. The molecule has 94 valence electrons. The van der Waals surface area contributed by atoms with E-state index in [1.807, 2.05) is 30.3 Å². The van der Waals surface area contributed by atoms with E-state index in [0.29, 0.717) is 6.04 Å². The number of nitrogens with one attached hydrogen (secondary N) is 1. The van der Waals surface area contributed by atoms with Gasteiger partial charge < -0.3 is 10.1 Å². The van der Waals surface area contributed by atoms with E-state index in [1.54, 1.807) is 12.4 Å². The fourth-order valence-corrected chi connectivity index (χ4v) is 1.60. The van der Waals surface area contributed by atoms with Crippen LogP contribution in [-0.4, -0.2) is 11.0 Å². The summed E-state index contributed by atoms with van der Waals surface area (Å²) in [6.07, 6.45) is 3.45. The zero-order chi connectivity index (χ0) is 12.8. The molecule has 1 aromatic heterocycles. The van der Waals surface area contributed by atoms with E-state index in [0.717, 1.165) is 23.6 Å². The Labute approximate surface area is 108 Å². The van der Waals surface area contributed by atoms with Gasteiger partial charge in [0.15, 0.2) is 0 Å². The minimum Gasteiger partial charge on any atom is -0.455 e. The summed E-state index contributed by atoms with van der Waals surface area (Å²) in [5.74, 6) is 1.63. The number of hydrogen-bond donors (Lipinski definition) is 1. The zero-order valence-electron chi connectivity index (χ0n) is 10.8. The van der Waals surface area contributed by atoms with Crippen LogP contribution in [0, 0.1) is 0 Å². The van der Waals surface area contributed by atoms with E-state index in [9.17, 15) is 0 Å². The second kappa shape index (κ2) is 6.17. The molecule has 3 nitrogen and oxygen atoms in total. The maximum atomic E-state index is 5.84. The van der Waals surface area contributed by atoms with Crippen molar-refractivity contribution in [3.8, 4) is 11.5 Å². The van der Waals surface area contributed by atoms with Gasteiger partial charge in [0, 0.05) is 24.3 Å². The van der Waals surface area contributed by atoms with Crippen LogP contribution in [0.25, 0.3) is 0 Å². The average molecular weight is 242 g/mol. The minimum atomic E-state index is 0.455. The Morgan fingerprint density at radius 1 is 1.17 bits per heavy atom. The number of rotatable bonds is 5. The van der Waals surface area contributed by atoms with Gasteiger partial charge in [0.2, 0.25) is 0 Å². The van der Waals surface area contributed by atoms with Gasteiger partial charge in [-0.25, -0.2) is 0 Å². The Hall–Kier alpha value is -1.87. The number of benzene rings is 1. The van der Waals surface area contributed by atoms with Crippen LogP contribution in [0.1, 0.15) is 19.4 Å². The van der Waals surface area contributed by atoms with Crippen LogP contribution in [0.15, 0.2) is 48.8 Å². The van der Waals surface area contributed by atoms with Crippen molar-refractivity contribution >= 4 is 0 Å². The summed E-state index contributed by atoms with van der Waals surface area (Å²) in [6, 6.07) is 12.3. The van der Waals surface area contributed by atoms with Crippen molar-refractivity contribution in [2.24, 2.45) is 0 Å². The highest BCUT2D eigenvalue weighted by Gasteiger charge is 2.04. The van der Waals surface area contributed by atoms with Crippen LogP contribution >= 0.6 is 0 Å². The number of hydrogen-bond acceptors (Lipinski definition) is 3. The van der Waals surface area contributed by atoms with Crippen molar-refractivity contribution in [2.75, 3.05) is 0 Å². The molecular weight excluding hydrogens is 224 g/mol. The van der Waals surface area contributed by atoms with Crippen molar-refractivity contribution in [2.45, 2.75) is 26.4 Å². The molecule has 2 rings (SSSR count). The fourth-order valence-electron chi connectivity index (χ4n) is 1.60. The lowest BCUT2D eigenvalue weighted by Crippen LogP contribution is -2.22. The summed E-state index contributed by atoms with van der Waals surface area (Å²) in [7, 11) is 0. The van der Waals surface area contributed by atoms with Crippen LogP contribution in [0.5, 0.6) is 11.5 Å². The predicted octanol–water partition coefficient (Wildman–Crippen LogP) is 3.37. The molecule has 0 saturated carbocycles. The van der Waals surface area contributed by atoms with Crippen molar-refractivity contribution in [1.82, 2.24) is 10.3 Å². The number of pyridine rings is 1. The molecule has 0 radical (unpaired) electrons. The first-order chi connectivity index (χ1) is 8.75. The molecule has 0 amide bonds. The summed E-state index contributed by atoms with van der Waals surface area (Å²) in [6.45, 7) is 5.06. The van der Waals surface area contributed by atoms with Gasteiger partial charge in [-0.2, -0.15) is 0 Å². The second-order valence-corrected chi connectivity index (χ2v) is 4.43. The highest BCUT2D eigenvalue weighted by atomic mass is 16.5. The molecule has 0 spiro atoms. The smallest absolute Gasteiger partial charge is 0.145 e. The summed E-state index contributed by atoms with van der Waals surface area (Å²) in [5.41, 5.74) is 1.15. The molecule has 1 heterocycles. The molecular formula is C15H18N2O. The molecule has 0 atom stereocenters. The number of ether oxygens (including phenoxy) is 1. The molecule has 0 aliphatic heterocycles. The molecule has 1 aromatic carbocycles. The molecule has 1 N–H and O–H groups in total. The molecule has 0 fully saturated rings. The van der Waals surface area contributed by atoms with Crippen molar-refractivity contribution in [3.63, 3.8) is 0 Å².